The fourth-order valence-corrected chi connectivity index (χ4v) is 2.48. The van der Waals surface area contributed by atoms with Crippen molar-refractivity contribution < 1.29 is 14.3 Å². The van der Waals surface area contributed by atoms with Crippen molar-refractivity contribution in [1.82, 2.24) is 4.57 Å². The van der Waals surface area contributed by atoms with Crippen LogP contribution in [-0.2, 0) is 7.05 Å². The lowest BCUT2D eigenvalue weighted by Gasteiger charge is -2.15. The quantitative estimate of drug-likeness (QED) is 0.643. The molecular formula is C17H19NO4. The van der Waals surface area contributed by atoms with E-state index in [-0.39, 0.29) is 17.1 Å². The van der Waals surface area contributed by atoms with Gasteiger partial charge in [0.25, 0.3) is 5.56 Å². The number of benzene rings is 1. The first-order chi connectivity index (χ1) is 10.4. The number of pyridine rings is 1. The Balaban J connectivity index is 2.97. The number of ketones is 1. The van der Waals surface area contributed by atoms with E-state index in [9.17, 15) is 9.59 Å². The molecule has 0 amide bonds. The summed E-state index contributed by atoms with van der Waals surface area (Å²) in [5.74, 6) is 0.471. The Hall–Kier alpha value is -2.56. The van der Waals surface area contributed by atoms with Crippen LogP contribution in [0.15, 0.2) is 34.6 Å². The summed E-state index contributed by atoms with van der Waals surface area (Å²) >= 11 is 0. The molecule has 0 saturated carbocycles. The number of nitrogens with zero attached hydrogens (tertiary/aromatic N) is 1. The zero-order valence-electron chi connectivity index (χ0n) is 13.4. The largest absolute Gasteiger partial charge is 0.495 e. The van der Waals surface area contributed by atoms with Gasteiger partial charge in [-0.25, -0.2) is 0 Å². The van der Waals surface area contributed by atoms with Crippen LogP contribution in [0.25, 0.3) is 10.9 Å². The lowest BCUT2D eigenvalue weighted by Crippen LogP contribution is -2.25. The topological polar surface area (TPSA) is 57.5 Å². The first kappa shape index (κ1) is 15.8. The third-order valence-electron chi connectivity index (χ3n) is 3.41. The van der Waals surface area contributed by atoms with Crippen LogP contribution >= 0.6 is 0 Å². The molecule has 0 atom stereocenters. The summed E-state index contributed by atoms with van der Waals surface area (Å²) in [6, 6.07) is 5.36. The van der Waals surface area contributed by atoms with Crippen molar-refractivity contribution in [2.24, 2.45) is 7.05 Å². The van der Waals surface area contributed by atoms with Crippen molar-refractivity contribution in [2.75, 3.05) is 14.2 Å². The van der Waals surface area contributed by atoms with Crippen LogP contribution in [0.5, 0.6) is 11.5 Å². The molecule has 0 radical (unpaired) electrons. The van der Waals surface area contributed by atoms with Crippen LogP contribution in [0.1, 0.15) is 24.2 Å². The van der Waals surface area contributed by atoms with Crippen molar-refractivity contribution in [3.8, 4) is 11.5 Å². The van der Waals surface area contributed by atoms with Crippen molar-refractivity contribution in [3.63, 3.8) is 0 Å². The molecule has 0 aliphatic rings. The Kier molecular flexibility index (Phi) is 4.35. The molecule has 2 aromatic rings. The summed E-state index contributed by atoms with van der Waals surface area (Å²) in [6.45, 7) is 3.61. The van der Waals surface area contributed by atoms with Gasteiger partial charge in [0, 0.05) is 12.4 Å². The van der Waals surface area contributed by atoms with Gasteiger partial charge in [-0.15, -0.1) is 0 Å². The highest BCUT2D eigenvalue weighted by Crippen LogP contribution is 2.32. The predicted octanol–water partition coefficient (Wildman–Crippen LogP) is 2.70. The predicted molar refractivity (Wildman–Crippen MR) is 86.1 cm³/mol. The molecule has 1 heterocycles. The van der Waals surface area contributed by atoms with E-state index in [1.807, 2.05) is 0 Å². The lowest BCUT2D eigenvalue weighted by atomic mass is 10.0. The number of rotatable bonds is 4. The van der Waals surface area contributed by atoms with Crippen molar-refractivity contribution in [2.45, 2.75) is 13.8 Å². The number of ether oxygens (including phenoxy) is 2. The maximum absolute atomic E-state index is 12.6. The van der Waals surface area contributed by atoms with E-state index in [0.29, 0.717) is 16.7 Å². The summed E-state index contributed by atoms with van der Waals surface area (Å²) in [7, 11) is 4.60. The summed E-state index contributed by atoms with van der Waals surface area (Å²) < 4.78 is 12.1. The SMILES string of the molecule is COc1c(C(=O)C=C(C)C)c(=O)n(C)c2c(OC)cccc12. The van der Waals surface area contributed by atoms with Crippen LogP contribution in [0.4, 0.5) is 0 Å². The van der Waals surface area contributed by atoms with Crippen molar-refractivity contribution in [1.29, 1.82) is 0 Å². The zero-order valence-corrected chi connectivity index (χ0v) is 13.4. The highest BCUT2D eigenvalue weighted by molar-refractivity contribution is 6.10. The Bertz CT molecular complexity index is 827. The summed E-state index contributed by atoms with van der Waals surface area (Å²) in [4.78, 5) is 25.0. The van der Waals surface area contributed by atoms with E-state index >= 15 is 0 Å². The number of carbonyl (C=O) groups excluding carboxylic acids is 1. The highest BCUT2D eigenvalue weighted by atomic mass is 16.5. The maximum atomic E-state index is 12.6. The number of aryl methyl sites for hydroxylation is 1. The van der Waals surface area contributed by atoms with Gasteiger partial charge in [0.1, 0.15) is 17.1 Å². The van der Waals surface area contributed by atoms with Gasteiger partial charge in [-0.3, -0.25) is 9.59 Å². The van der Waals surface area contributed by atoms with Gasteiger partial charge in [0.2, 0.25) is 0 Å². The van der Waals surface area contributed by atoms with Crippen LogP contribution in [0.3, 0.4) is 0 Å². The minimum atomic E-state index is -0.406. The average molecular weight is 301 g/mol. The van der Waals surface area contributed by atoms with Gasteiger partial charge in [0.05, 0.1) is 19.7 Å². The normalized spacial score (nSPS) is 10.4. The summed E-state index contributed by atoms with van der Waals surface area (Å²) in [6.07, 6.45) is 1.44. The molecule has 1 aromatic carbocycles. The molecule has 1 aromatic heterocycles. The second-order valence-electron chi connectivity index (χ2n) is 5.21. The number of aromatic nitrogens is 1. The molecule has 2 rings (SSSR count). The molecule has 22 heavy (non-hydrogen) atoms. The fraction of sp³-hybridized carbons (Fsp3) is 0.294. The van der Waals surface area contributed by atoms with Crippen LogP contribution in [-0.4, -0.2) is 24.6 Å². The molecule has 0 fully saturated rings. The number of hydrogen-bond acceptors (Lipinski definition) is 4. The Morgan fingerprint density at radius 1 is 1.18 bits per heavy atom. The van der Waals surface area contributed by atoms with E-state index in [2.05, 4.69) is 0 Å². The molecule has 116 valence electrons. The second-order valence-corrected chi connectivity index (χ2v) is 5.21. The van der Waals surface area contributed by atoms with Gasteiger partial charge in [-0.2, -0.15) is 0 Å². The van der Waals surface area contributed by atoms with Crippen LogP contribution in [0, 0.1) is 0 Å². The number of hydrogen-bond donors (Lipinski definition) is 0. The van der Waals surface area contributed by atoms with E-state index in [1.165, 1.54) is 24.9 Å². The van der Waals surface area contributed by atoms with E-state index in [1.54, 1.807) is 39.1 Å². The Labute approximate surface area is 128 Å². The molecule has 5 heteroatoms. The highest BCUT2D eigenvalue weighted by Gasteiger charge is 2.22. The lowest BCUT2D eigenvalue weighted by molar-refractivity contribution is 0.104. The van der Waals surface area contributed by atoms with Gasteiger partial charge >= 0.3 is 0 Å². The summed E-state index contributed by atoms with van der Waals surface area (Å²) in [5.41, 5.74) is 1.05. The minimum absolute atomic E-state index is 0.0342. The van der Waals surface area contributed by atoms with E-state index in [4.69, 9.17) is 9.47 Å². The molecule has 0 aliphatic carbocycles. The smallest absolute Gasteiger partial charge is 0.265 e. The molecule has 0 unspecified atom stereocenters. The number of allylic oxidation sites excluding steroid dienone is 2. The molecule has 5 nitrogen and oxygen atoms in total. The van der Waals surface area contributed by atoms with Gasteiger partial charge in [0.15, 0.2) is 5.78 Å². The minimum Gasteiger partial charge on any atom is -0.495 e. The Morgan fingerprint density at radius 2 is 1.86 bits per heavy atom. The standard InChI is InChI=1S/C17H19NO4/c1-10(2)9-12(19)14-16(22-5)11-7-6-8-13(21-4)15(11)18(3)17(14)20/h6-9H,1-5H3. The molecule has 0 bridgehead atoms. The zero-order chi connectivity index (χ0) is 16.4. The second kappa shape index (κ2) is 6.05. The number of methoxy groups -OCH3 is 2. The van der Waals surface area contributed by atoms with E-state index < -0.39 is 5.56 Å². The molecule has 0 spiro atoms. The monoisotopic (exact) mass is 301 g/mol. The molecule has 0 saturated heterocycles. The maximum Gasteiger partial charge on any atom is 0.265 e. The average Bonchev–Trinajstić information content (AvgIpc) is 2.48. The third-order valence-corrected chi connectivity index (χ3v) is 3.41. The molecule has 0 N–H and O–H groups in total. The summed E-state index contributed by atoms with van der Waals surface area (Å²) in [5, 5.41) is 0.662. The first-order valence-electron chi connectivity index (χ1n) is 6.85. The molecular weight excluding hydrogens is 282 g/mol. The van der Waals surface area contributed by atoms with Crippen LogP contribution in [0.2, 0.25) is 0 Å². The Morgan fingerprint density at radius 3 is 2.41 bits per heavy atom. The number of para-hydroxylation sites is 1. The van der Waals surface area contributed by atoms with Gasteiger partial charge < -0.3 is 14.0 Å². The van der Waals surface area contributed by atoms with Crippen molar-refractivity contribution in [3.05, 3.63) is 45.8 Å². The number of fused-ring (bicyclic) bond motifs is 1. The van der Waals surface area contributed by atoms with Crippen molar-refractivity contribution >= 4 is 16.7 Å². The van der Waals surface area contributed by atoms with E-state index in [0.717, 1.165) is 5.57 Å². The fourth-order valence-electron chi connectivity index (χ4n) is 2.48. The molecule has 0 aliphatic heterocycles. The van der Waals surface area contributed by atoms with Gasteiger partial charge in [-0.1, -0.05) is 11.6 Å². The van der Waals surface area contributed by atoms with Gasteiger partial charge in [-0.05, 0) is 32.1 Å². The first-order valence-corrected chi connectivity index (χ1v) is 6.85. The number of carbonyl (C=O) groups is 1. The van der Waals surface area contributed by atoms with Crippen LogP contribution < -0.4 is 15.0 Å². The third kappa shape index (κ3) is 2.50.